The third-order valence-electron chi connectivity index (χ3n) is 3.91. The van der Waals surface area contributed by atoms with Gasteiger partial charge in [0.2, 0.25) is 16.9 Å². The van der Waals surface area contributed by atoms with Gasteiger partial charge in [0.15, 0.2) is 4.34 Å². The van der Waals surface area contributed by atoms with E-state index in [9.17, 15) is 9.59 Å². The van der Waals surface area contributed by atoms with Crippen LogP contribution in [0.2, 0.25) is 0 Å². The number of amides is 2. The number of aromatic nitrogens is 3. The van der Waals surface area contributed by atoms with Gasteiger partial charge in [-0.2, -0.15) is 0 Å². The highest BCUT2D eigenvalue weighted by Gasteiger charge is 2.14. The number of carbonyl (C=O) groups is 2. The molecule has 2 heterocycles. The van der Waals surface area contributed by atoms with Gasteiger partial charge in [-0.3, -0.25) is 20.4 Å². The van der Waals surface area contributed by atoms with E-state index in [4.69, 9.17) is 9.26 Å². The number of benzene rings is 1. The second-order valence-electron chi connectivity index (χ2n) is 6.09. The summed E-state index contributed by atoms with van der Waals surface area (Å²) >= 11 is 2.54. The first-order valence-electron chi connectivity index (χ1n) is 8.81. The van der Waals surface area contributed by atoms with Crippen LogP contribution in [0.25, 0.3) is 0 Å². The number of hydrogen-bond donors (Lipinski definition) is 3. The molecule has 2 amide bonds. The van der Waals surface area contributed by atoms with Crippen LogP contribution >= 0.6 is 23.1 Å². The highest BCUT2D eigenvalue weighted by atomic mass is 32.2. The molecule has 12 heteroatoms. The number of carbonyl (C=O) groups excluding carboxylic acids is 2. The van der Waals surface area contributed by atoms with Gasteiger partial charge in [0.1, 0.15) is 11.5 Å². The molecule has 1 aromatic carbocycles. The Balaban J connectivity index is 1.42. The number of anilines is 2. The van der Waals surface area contributed by atoms with Crippen molar-refractivity contribution in [1.29, 1.82) is 0 Å². The maximum atomic E-state index is 12.0. The molecule has 0 saturated carbocycles. The number of rotatable bonds is 8. The lowest BCUT2D eigenvalue weighted by Crippen LogP contribution is -2.43. The Labute approximate surface area is 180 Å². The van der Waals surface area contributed by atoms with Crippen LogP contribution in [-0.2, 0) is 16.0 Å². The van der Waals surface area contributed by atoms with Gasteiger partial charge in [-0.15, -0.1) is 10.2 Å². The molecule has 0 aliphatic heterocycles. The topological polar surface area (TPSA) is 131 Å². The van der Waals surface area contributed by atoms with Crippen LogP contribution in [0.1, 0.15) is 17.0 Å². The summed E-state index contributed by atoms with van der Waals surface area (Å²) in [6.45, 7) is 3.49. The van der Waals surface area contributed by atoms with E-state index in [0.29, 0.717) is 26.5 Å². The van der Waals surface area contributed by atoms with Crippen LogP contribution in [0.3, 0.4) is 0 Å². The van der Waals surface area contributed by atoms with Crippen molar-refractivity contribution in [1.82, 2.24) is 26.2 Å². The summed E-state index contributed by atoms with van der Waals surface area (Å²) in [6.07, 6.45) is 0.0737. The summed E-state index contributed by atoms with van der Waals surface area (Å²) in [6, 6.07) is 7.43. The van der Waals surface area contributed by atoms with Gasteiger partial charge in [-0.05, 0) is 26.0 Å². The van der Waals surface area contributed by atoms with E-state index in [1.54, 1.807) is 21.0 Å². The highest BCUT2D eigenvalue weighted by molar-refractivity contribution is 8.01. The van der Waals surface area contributed by atoms with E-state index >= 15 is 0 Å². The molecule has 0 aliphatic rings. The van der Waals surface area contributed by atoms with Gasteiger partial charge < -0.3 is 14.6 Å². The predicted molar refractivity (Wildman–Crippen MR) is 113 cm³/mol. The third-order valence-corrected chi connectivity index (χ3v) is 5.89. The van der Waals surface area contributed by atoms with Crippen molar-refractivity contribution in [3.8, 4) is 5.75 Å². The molecule has 3 rings (SSSR count). The molecule has 30 heavy (non-hydrogen) atoms. The molecule has 0 saturated heterocycles. The van der Waals surface area contributed by atoms with Crippen molar-refractivity contribution in [2.75, 3.05) is 18.2 Å². The average Bonchev–Trinajstić information content (AvgIpc) is 3.32. The van der Waals surface area contributed by atoms with Crippen LogP contribution in [0.15, 0.2) is 33.1 Å². The third kappa shape index (κ3) is 5.94. The highest BCUT2D eigenvalue weighted by Crippen LogP contribution is 2.28. The van der Waals surface area contributed by atoms with Crippen molar-refractivity contribution in [2.24, 2.45) is 0 Å². The molecule has 10 nitrogen and oxygen atoms in total. The summed E-state index contributed by atoms with van der Waals surface area (Å²) in [4.78, 5) is 24.0. The molecule has 0 bridgehead atoms. The molecule has 3 N–H and O–H groups in total. The fourth-order valence-electron chi connectivity index (χ4n) is 2.40. The summed E-state index contributed by atoms with van der Waals surface area (Å²) in [5, 5.41) is 15.6. The summed E-state index contributed by atoms with van der Waals surface area (Å²) in [5.74, 6) is 0.679. The second kappa shape index (κ2) is 10.1. The van der Waals surface area contributed by atoms with Gasteiger partial charge in [0, 0.05) is 17.3 Å². The summed E-state index contributed by atoms with van der Waals surface area (Å²) < 4.78 is 10.8. The SMILES string of the molecule is COc1cccc(Nc2nnc(SCC(=O)NNC(=O)Cc3c(C)noc3C)s2)c1. The van der Waals surface area contributed by atoms with Crippen molar-refractivity contribution in [3.05, 3.63) is 41.3 Å². The van der Waals surface area contributed by atoms with Crippen LogP contribution < -0.4 is 20.9 Å². The number of thioether (sulfide) groups is 1. The molecule has 0 fully saturated rings. The lowest BCUT2D eigenvalue weighted by Gasteiger charge is -2.06. The average molecular weight is 449 g/mol. The predicted octanol–water partition coefficient (Wildman–Crippen LogP) is 2.38. The Morgan fingerprint density at radius 1 is 1.20 bits per heavy atom. The molecule has 0 spiro atoms. The molecular weight excluding hydrogens is 428 g/mol. The van der Waals surface area contributed by atoms with Gasteiger partial charge in [0.25, 0.3) is 0 Å². The number of hydrazine groups is 1. The molecule has 0 atom stereocenters. The van der Waals surface area contributed by atoms with E-state index in [0.717, 1.165) is 11.4 Å². The second-order valence-corrected chi connectivity index (χ2v) is 8.29. The van der Waals surface area contributed by atoms with Gasteiger partial charge in [0.05, 0.1) is 25.0 Å². The molecule has 0 unspecified atom stereocenters. The van der Waals surface area contributed by atoms with E-state index in [2.05, 4.69) is 31.5 Å². The Hall–Kier alpha value is -3.12. The normalized spacial score (nSPS) is 10.5. The Morgan fingerprint density at radius 2 is 2.00 bits per heavy atom. The maximum Gasteiger partial charge on any atom is 0.248 e. The molecular formula is C18H20N6O4S2. The first-order valence-corrected chi connectivity index (χ1v) is 10.6. The van der Waals surface area contributed by atoms with Gasteiger partial charge in [-0.25, -0.2) is 0 Å². The minimum atomic E-state index is -0.358. The summed E-state index contributed by atoms with van der Waals surface area (Å²) in [7, 11) is 1.60. The van der Waals surface area contributed by atoms with Crippen LogP contribution in [0, 0.1) is 13.8 Å². The largest absolute Gasteiger partial charge is 0.497 e. The molecule has 0 radical (unpaired) electrons. The zero-order valence-corrected chi connectivity index (χ0v) is 18.1. The zero-order valence-electron chi connectivity index (χ0n) is 16.5. The maximum absolute atomic E-state index is 12.0. The smallest absolute Gasteiger partial charge is 0.248 e. The molecule has 158 valence electrons. The Kier molecular flexibility index (Phi) is 7.25. The van der Waals surface area contributed by atoms with E-state index in [-0.39, 0.29) is 24.0 Å². The monoisotopic (exact) mass is 448 g/mol. The Bertz CT molecular complexity index is 1020. The number of aryl methyl sites for hydroxylation is 2. The van der Waals surface area contributed by atoms with Gasteiger partial charge in [-0.1, -0.05) is 34.3 Å². The first-order chi connectivity index (χ1) is 14.4. The lowest BCUT2D eigenvalue weighted by molar-refractivity contribution is -0.127. The fourth-order valence-corrected chi connectivity index (χ4v) is 3.98. The Morgan fingerprint density at radius 3 is 2.73 bits per heavy atom. The van der Waals surface area contributed by atoms with Crippen LogP contribution in [-0.4, -0.2) is 40.0 Å². The number of ether oxygens (including phenoxy) is 1. The minimum absolute atomic E-state index is 0.0737. The van der Waals surface area contributed by atoms with Crippen molar-refractivity contribution in [3.63, 3.8) is 0 Å². The van der Waals surface area contributed by atoms with Crippen molar-refractivity contribution >= 4 is 45.7 Å². The van der Waals surface area contributed by atoms with Crippen LogP contribution in [0.5, 0.6) is 5.75 Å². The van der Waals surface area contributed by atoms with E-state index < -0.39 is 0 Å². The van der Waals surface area contributed by atoms with Crippen molar-refractivity contribution < 1.29 is 18.8 Å². The molecule has 2 aromatic heterocycles. The quantitative estimate of drug-likeness (QED) is 0.351. The summed E-state index contributed by atoms with van der Waals surface area (Å²) in [5.41, 5.74) is 6.94. The van der Waals surface area contributed by atoms with Crippen LogP contribution in [0.4, 0.5) is 10.8 Å². The number of methoxy groups -OCH3 is 1. The number of nitrogens with one attached hydrogen (secondary N) is 3. The molecule has 3 aromatic rings. The molecule has 0 aliphatic carbocycles. The van der Waals surface area contributed by atoms with E-state index in [1.165, 1.54) is 23.1 Å². The fraction of sp³-hybridized carbons (Fsp3) is 0.278. The van der Waals surface area contributed by atoms with Gasteiger partial charge >= 0.3 is 0 Å². The van der Waals surface area contributed by atoms with E-state index in [1.807, 2.05) is 24.3 Å². The first kappa shape index (κ1) is 21.6. The number of hydrogen-bond acceptors (Lipinski definition) is 10. The zero-order chi connectivity index (χ0) is 21.5. The standard InChI is InChI=1S/C18H20N6O4S2/c1-10-14(11(2)28-24-10)8-15(25)20-21-16(26)9-29-18-23-22-17(30-18)19-12-5-4-6-13(7-12)27-3/h4-7H,8-9H2,1-3H3,(H,19,22)(H,20,25)(H,21,26). The lowest BCUT2D eigenvalue weighted by atomic mass is 10.1. The number of nitrogens with zero attached hydrogens (tertiary/aromatic N) is 3. The minimum Gasteiger partial charge on any atom is -0.497 e. The van der Waals surface area contributed by atoms with Crippen molar-refractivity contribution in [2.45, 2.75) is 24.6 Å².